The van der Waals surface area contributed by atoms with E-state index in [1.54, 1.807) is 12.1 Å². The standard InChI is InChI=1S/C20H23FN2O2/c21-17-10-4-5-11-19(17)25-15-20(24)22-14-18(23-12-6-7-13-23)16-8-2-1-3-9-16/h1-5,8-11,18H,6-7,12-15H2,(H,22,24). The highest BCUT2D eigenvalue weighted by molar-refractivity contribution is 5.77. The summed E-state index contributed by atoms with van der Waals surface area (Å²) in [4.78, 5) is 14.5. The molecule has 0 spiro atoms. The summed E-state index contributed by atoms with van der Waals surface area (Å²) < 4.78 is 18.8. The smallest absolute Gasteiger partial charge is 0.258 e. The zero-order valence-corrected chi connectivity index (χ0v) is 14.2. The molecule has 1 N–H and O–H groups in total. The van der Waals surface area contributed by atoms with E-state index in [1.807, 2.05) is 18.2 Å². The number of benzene rings is 2. The van der Waals surface area contributed by atoms with Gasteiger partial charge in [0.15, 0.2) is 18.2 Å². The molecule has 0 radical (unpaired) electrons. The van der Waals surface area contributed by atoms with Gasteiger partial charge in [0.2, 0.25) is 0 Å². The maximum atomic E-state index is 13.5. The number of carbonyl (C=O) groups excluding carboxylic acids is 1. The quantitative estimate of drug-likeness (QED) is 0.840. The monoisotopic (exact) mass is 342 g/mol. The molecule has 0 saturated carbocycles. The van der Waals surface area contributed by atoms with Crippen LogP contribution in [0.15, 0.2) is 54.6 Å². The van der Waals surface area contributed by atoms with Gasteiger partial charge in [-0.25, -0.2) is 4.39 Å². The van der Waals surface area contributed by atoms with Gasteiger partial charge in [0.1, 0.15) is 0 Å². The van der Waals surface area contributed by atoms with E-state index in [1.165, 1.54) is 30.5 Å². The third-order valence-corrected chi connectivity index (χ3v) is 4.45. The summed E-state index contributed by atoms with van der Waals surface area (Å²) >= 11 is 0. The number of amides is 1. The van der Waals surface area contributed by atoms with Gasteiger partial charge in [-0.1, -0.05) is 42.5 Å². The van der Waals surface area contributed by atoms with Crippen LogP contribution < -0.4 is 10.1 Å². The van der Waals surface area contributed by atoms with Gasteiger partial charge in [0.25, 0.3) is 5.91 Å². The second-order valence-electron chi connectivity index (χ2n) is 6.19. The molecule has 0 bridgehead atoms. The molecule has 25 heavy (non-hydrogen) atoms. The second kappa shape index (κ2) is 8.62. The van der Waals surface area contributed by atoms with Gasteiger partial charge in [0, 0.05) is 6.54 Å². The van der Waals surface area contributed by atoms with Crippen LogP contribution in [0.5, 0.6) is 5.75 Å². The van der Waals surface area contributed by atoms with Crippen LogP contribution in [0, 0.1) is 5.82 Å². The Kier molecular flexibility index (Phi) is 6.01. The Balaban J connectivity index is 1.55. The zero-order valence-electron chi connectivity index (χ0n) is 14.2. The number of nitrogens with zero attached hydrogens (tertiary/aromatic N) is 1. The fourth-order valence-electron chi connectivity index (χ4n) is 3.15. The van der Waals surface area contributed by atoms with E-state index in [0.717, 1.165) is 13.1 Å². The Morgan fingerprint density at radius 3 is 2.48 bits per heavy atom. The molecule has 3 rings (SSSR count). The van der Waals surface area contributed by atoms with Crippen LogP contribution in [0.3, 0.4) is 0 Å². The lowest BCUT2D eigenvalue weighted by atomic mass is 10.1. The molecule has 1 aliphatic heterocycles. The predicted octanol–water partition coefficient (Wildman–Crippen LogP) is 3.16. The lowest BCUT2D eigenvalue weighted by Gasteiger charge is -2.28. The third kappa shape index (κ3) is 4.79. The average molecular weight is 342 g/mol. The summed E-state index contributed by atoms with van der Waals surface area (Å²) in [5.41, 5.74) is 1.19. The minimum Gasteiger partial charge on any atom is -0.481 e. The number of rotatable bonds is 7. The highest BCUT2D eigenvalue weighted by Gasteiger charge is 2.23. The molecule has 1 unspecified atom stereocenters. The number of ether oxygens (including phenoxy) is 1. The van der Waals surface area contributed by atoms with Crippen molar-refractivity contribution in [2.24, 2.45) is 0 Å². The molecule has 1 atom stereocenters. The van der Waals surface area contributed by atoms with Crippen molar-refractivity contribution in [3.63, 3.8) is 0 Å². The van der Waals surface area contributed by atoms with Crippen LogP contribution in [0.25, 0.3) is 0 Å². The van der Waals surface area contributed by atoms with Gasteiger partial charge in [-0.15, -0.1) is 0 Å². The zero-order chi connectivity index (χ0) is 17.5. The van der Waals surface area contributed by atoms with Crippen LogP contribution >= 0.6 is 0 Å². The van der Waals surface area contributed by atoms with Gasteiger partial charge < -0.3 is 10.1 Å². The SMILES string of the molecule is O=C(COc1ccccc1F)NCC(c1ccccc1)N1CCCC1. The highest BCUT2D eigenvalue weighted by atomic mass is 19.1. The van der Waals surface area contributed by atoms with Crippen molar-refractivity contribution in [3.8, 4) is 5.75 Å². The van der Waals surface area contributed by atoms with Crippen molar-refractivity contribution >= 4 is 5.91 Å². The third-order valence-electron chi connectivity index (χ3n) is 4.45. The van der Waals surface area contributed by atoms with E-state index >= 15 is 0 Å². The Bertz CT molecular complexity index is 687. The maximum Gasteiger partial charge on any atom is 0.258 e. The Morgan fingerprint density at radius 2 is 1.76 bits per heavy atom. The summed E-state index contributed by atoms with van der Waals surface area (Å²) in [5.74, 6) is -0.616. The molecule has 132 valence electrons. The van der Waals surface area contributed by atoms with Gasteiger partial charge >= 0.3 is 0 Å². The van der Waals surface area contributed by atoms with E-state index in [9.17, 15) is 9.18 Å². The summed E-state index contributed by atoms with van der Waals surface area (Å²) in [6.45, 7) is 2.41. The lowest BCUT2D eigenvalue weighted by molar-refractivity contribution is -0.123. The fraction of sp³-hybridized carbons (Fsp3) is 0.350. The first kappa shape index (κ1) is 17.4. The van der Waals surface area contributed by atoms with Crippen LogP contribution in [-0.4, -0.2) is 37.0 Å². The molecular formula is C20H23FN2O2. The number of hydrogen-bond acceptors (Lipinski definition) is 3. The summed E-state index contributed by atoms with van der Waals surface area (Å²) in [6.07, 6.45) is 2.38. The van der Waals surface area contributed by atoms with Crippen LogP contribution in [0.1, 0.15) is 24.4 Å². The molecular weight excluding hydrogens is 319 g/mol. The topological polar surface area (TPSA) is 41.6 Å². The molecule has 2 aromatic rings. The number of halogens is 1. The van der Waals surface area contributed by atoms with Gasteiger partial charge in [-0.2, -0.15) is 0 Å². The van der Waals surface area contributed by atoms with Crippen LogP contribution in [0.2, 0.25) is 0 Å². The van der Waals surface area contributed by atoms with Crippen molar-refractivity contribution in [1.82, 2.24) is 10.2 Å². The van der Waals surface area contributed by atoms with Gasteiger partial charge in [-0.05, 0) is 43.6 Å². The van der Waals surface area contributed by atoms with Crippen LogP contribution in [0.4, 0.5) is 4.39 Å². The average Bonchev–Trinajstić information content (AvgIpc) is 3.16. The molecule has 1 fully saturated rings. The normalized spacial score (nSPS) is 15.7. The van der Waals surface area contributed by atoms with E-state index in [4.69, 9.17) is 4.74 Å². The first-order valence-corrected chi connectivity index (χ1v) is 8.67. The number of carbonyl (C=O) groups is 1. The molecule has 4 nitrogen and oxygen atoms in total. The Morgan fingerprint density at radius 1 is 1.08 bits per heavy atom. The number of nitrogens with one attached hydrogen (secondary N) is 1. The Labute approximate surface area is 147 Å². The highest BCUT2D eigenvalue weighted by Crippen LogP contribution is 2.24. The van der Waals surface area contributed by atoms with Gasteiger partial charge in [-0.3, -0.25) is 9.69 Å². The molecule has 1 heterocycles. The maximum absolute atomic E-state index is 13.5. The molecule has 0 aliphatic carbocycles. The molecule has 1 amide bonds. The molecule has 0 aromatic heterocycles. The second-order valence-corrected chi connectivity index (χ2v) is 6.19. The number of hydrogen-bond donors (Lipinski definition) is 1. The van der Waals surface area contributed by atoms with Gasteiger partial charge in [0.05, 0.1) is 6.04 Å². The first-order chi connectivity index (χ1) is 12.2. The first-order valence-electron chi connectivity index (χ1n) is 8.67. The lowest BCUT2D eigenvalue weighted by Crippen LogP contribution is -2.38. The molecule has 1 aliphatic rings. The number of para-hydroxylation sites is 1. The predicted molar refractivity (Wildman–Crippen MR) is 94.9 cm³/mol. The van der Waals surface area contributed by atoms with Crippen molar-refractivity contribution in [2.75, 3.05) is 26.2 Å². The molecule has 1 saturated heterocycles. The van der Waals surface area contributed by atoms with Crippen molar-refractivity contribution in [3.05, 3.63) is 66.0 Å². The van der Waals surface area contributed by atoms with E-state index < -0.39 is 5.82 Å². The van der Waals surface area contributed by atoms with E-state index in [0.29, 0.717) is 6.54 Å². The fourth-order valence-corrected chi connectivity index (χ4v) is 3.15. The largest absolute Gasteiger partial charge is 0.481 e. The summed E-state index contributed by atoms with van der Waals surface area (Å²) in [6, 6.07) is 16.4. The van der Waals surface area contributed by atoms with E-state index in [-0.39, 0.29) is 24.3 Å². The van der Waals surface area contributed by atoms with Crippen molar-refractivity contribution in [2.45, 2.75) is 18.9 Å². The van der Waals surface area contributed by atoms with E-state index in [2.05, 4.69) is 22.3 Å². The van der Waals surface area contributed by atoms with Crippen molar-refractivity contribution in [1.29, 1.82) is 0 Å². The number of likely N-dealkylation sites (tertiary alicyclic amines) is 1. The summed E-state index contributed by atoms with van der Waals surface area (Å²) in [5, 5.41) is 2.92. The summed E-state index contributed by atoms with van der Waals surface area (Å²) in [7, 11) is 0. The van der Waals surface area contributed by atoms with Crippen molar-refractivity contribution < 1.29 is 13.9 Å². The minimum absolute atomic E-state index is 0.0943. The van der Waals surface area contributed by atoms with Crippen LogP contribution in [-0.2, 0) is 4.79 Å². The molecule has 5 heteroatoms. The minimum atomic E-state index is -0.463. The Hall–Kier alpha value is -2.40. The molecule has 2 aromatic carbocycles.